The Kier molecular flexibility index (Phi) is 13.5. The summed E-state index contributed by atoms with van der Waals surface area (Å²) in [5.74, 6) is -1.52. The van der Waals surface area contributed by atoms with Crippen molar-refractivity contribution in [3.8, 4) is 0 Å². The van der Waals surface area contributed by atoms with Crippen molar-refractivity contribution in [3.05, 3.63) is 33.9 Å². The maximum absolute atomic E-state index is 12.5. The highest BCUT2D eigenvalue weighted by atomic mass is 16.6. The Hall–Kier alpha value is -3.07. The summed E-state index contributed by atoms with van der Waals surface area (Å²) in [5.41, 5.74) is 4.77. The molecule has 194 valence electrons. The van der Waals surface area contributed by atoms with Gasteiger partial charge in [0.05, 0.1) is 18.1 Å². The van der Waals surface area contributed by atoms with Gasteiger partial charge in [-0.15, -0.1) is 0 Å². The second-order valence-corrected chi connectivity index (χ2v) is 7.91. The Balaban J connectivity index is 2.61. The van der Waals surface area contributed by atoms with Crippen LogP contribution in [-0.2, 0) is 14.3 Å². The molecular weight excluding hydrogens is 461 g/mol. The molecule has 0 aromatic heterocycles. The van der Waals surface area contributed by atoms with Crippen LogP contribution in [0.4, 0.5) is 5.69 Å². The number of carbonyl (C=O) groups is 3. The number of nitro benzene ring substituents is 1. The van der Waals surface area contributed by atoms with Crippen LogP contribution in [0.25, 0.3) is 0 Å². The molecule has 0 saturated carbocycles. The summed E-state index contributed by atoms with van der Waals surface area (Å²) >= 11 is 0. The minimum Gasteiger partial charge on any atom is -0.467 e. The number of non-ortho nitro benzene ring substituents is 1. The van der Waals surface area contributed by atoms with Crippen LogP contribution in [0.1, 0.15) is 48.9 Å². The molecule has 0 aliphatic heterocycles. The molecule has 1 aromatic rings. The first kappa shape index (κ1) is 30.0. The summed E-state index contributed by atoms with van der Waals surface area (Å²) in [6.07, 6.45) is 3.33. The van der Waals surface area contributed by atoms with Gasteiger partial charge in [0.1, 0.15) is 6.04 Å². The van der Waals surface area contributed by atoms with Gasteiger partial charge in [-0.25, -0.2) is 4.79 Å². The van der Waals surface area contributed by atoms with Crippen LogP contribution in [0.2, 0.25) is 0 Å². The highest BCUT2D eigenvalue weighted by Crippen LogP contribution is 2.12. The summed E-state index contributed by atoms with van der Waals surface area (Å²) in [5, 5.41) is 37.8. The molecule has 0 aliphatic carbocycles. The number of amides is 2. The summed E-state index contributed by atoms with van der Waals surface area (Å²) < 4.78 is 4.78. The summed E-state index contributed by atoms with van der Waals surface area (Å²) in [7, 11) is 0.929. The third-order valence-corrected chi connectivity index (χ3v) is 5.33. The number of nitrogens with zero attached hydrogens (tertiary/aromatic N) is 1. The van der Waals surface area contributed by atoms with Gasteiger partial charge in [0.2, 0.25) is 5.91 Å². The number of unbranched alkanes of at least 4 members (excludes halogenated alkanes) is 2. The Morgan fingerprint density at radius 3 is 2.34 bits per heavy atom. The van der Waals surface area contributed by atoms with Gasteiger partial charge in [0.15, 0.2) is 0 Å². The standard InChI is InChI=1S/C21H34BN5O8/c1-24-17(7-3-5-9-23)20(29)26-18(21(30)35-2)8-4-6-10-25-19(28)14-11-15(22(31)32)13-16(12-14)27(33)34/h11-13,17-18,24,31-32H,3-10,23H2,1-2H3,(H,25,28)(H,26,29). The van der Waals surface area contributed by atoms with Crippen molar-refractivity contribution in [1.29, 1.82) is 0 Å². The third kappa shape index (κ3) is 10.4. The quantitative estimate of drug-likeness (QED) is 0.0517. The number of nitro groups is 1. The largest absolute Gasteiger partial charge is 0.488 e. The molecule has 0 radical (unpaired) electrons. The fourth-order valence-corrected chi connectivity index (χ4v) is 3.36. The van der Waals surface area contributed by atoms with Crippen LogP contribution < -0.4 is 27.1 Å². The third-order valence-electron chi connectivity index (χ3n) is 5.33. The Morgan fingerprint density at radius 2 is 1.77 bits per heavy atom. The molecule has 35 heavy (non-hydrogen) atoms. The van der Waals surface area contributed by atoms with E-state index in [4.69, 9.17) is 10.5 Å². The van der Waals surface area contributed by atoms with Crippen LogP contribution in [0.15, 0.2) is 18.2 Å². The van der Waals surface area contributed by atoms with Gasteiger partial charge in [-0.1, -0.05) is 6.42 Å². The van der Waals surface area contributed by atoms with E-state index >= 15 is 0 Å². The predicted molar refractivity (Wildman–Crippen MR) is 129 cm³/mol. The van der Waals surface area contributed by atoms with E-state index < -0.39 is 41.7 Å². The zero-order chi connectivity index (χ0) is 26.4. The van der Waals surface area contributed by atoms with E-state index in [2.05, 4.69) is 16.0 Å². The smallest absolute Gasteiger partial charge is 0.467 e. The molecule has 2 unspecified atom stereocenters. The molecule has 1 rings (SSSR count). The number of nitrogens with one attached hydrogen (secondary N) is 3. The molecule has 0 bridgehead atoms. The molecule has 2 amide bonds. The second kappa shape index (κ2) is 15.8. The Bertz CT molecular complexity index is 870. The lowest BCUT2D eigenvalue weighted by atomic mass is 9.79. The van der Waals surface area contributed by atoms with E-state index in [-0.39, 0.29) is 29.9 Å². The number of methoxy groups -OCH3 is 1. The van der Waals surface area contributed by atoms with Gasteiger partial charge >= 0.3 is 13.1 Å². The average Bonchev–Trinajstić information content (AvgIpc) is 2.84. The molecule has 0 saturated heterocycles. The Labute approximate surface area is 204 Å². The van der Waals surface area contributed by atoms with Gasteiger partial charge in [-0.2, -0.15) is 0 Å². The molecule has 1 aromatic carbocycles. The monoisotopic (exact) mass is 495 g/mol. The fourth-order valence-electron chi connectivity index (χ4n) is 3.36. The Morgan fingerprint density at radius 1 is 1.11 bits per heavy atom. The number of rotatable bonds is 16. The maximum Gasteiger partial charge on any atom is 0.488 e. The second-order valence-electron chi connectivity index (χ2n) is 7.91. The fraction of sp³-hybridized carbons (Fsp3) is 0.571. The molecule has 0 aliphatic rings. The number of hydrogen-bond donors (Lipinski definition) is 6. The van der Waals surface area contributed by atoms with E-state index in [0.717, 1.165) is 31.0 Å². The number of esters is 1. The summed E-state index contributed by atoms with van der Waals surface area (Å²) in [6.45, 7) is 0.726. The van der Waals surface area contributed by atoms with Crippen molar-refractivity contribution < 1.29 is 34.1 Å². The van der Waals surface area contributed by atoms with Crippen molar-refractivity contribution in [3.63, 3.8) is 0 Å². The number of nitrogens with two attached hydrogens (primary N) is 1. The molecule has 14 heteroatoms. The van der Waals surface area contributed by atoms with Crippen molar-refractivity contribution in [2.45, 2.75) is 50.6 Å². The highest BCUT2D eigenvalue weighted by molar-refractivity contribution is 6.58. The van der Waals surface area contributed by atoms with E-state index in [0.29, 0.717) is 25.8 Å². The van der Waals surface area contributed by atoms with Crippen molar-refractivity contribution in [2.75, 3.05) is 27.2 Å². The van der Waals surface area contributed by atoms with Gasteiger partial charge in [-0.05, 0) is 57.2 Å². The lowest BCUT2D eigenvalue weighted by molar-refractivity contribution is -0.384. The first-order chi connectivity index (χ1) is 16.6. The van der Waals surface area contributed by atoms with E-state index in [9.17, 15) is 34.5 Å². The van der Waals surface area contributed by atoms with Crippen LogP contribution in [0.3, 0.4) is 0 Å². The first-order valence-electron chi connectivity index (χ1n) is 11.3. The highest BCUT2D eigenvalue weighted by Gasteiger charge is 2.25. The molecule has 7 N–H and O–H groups in total. The van der Waals surface area contributed by atoms with Crippen molar-refractivity contribution in [2.24, 2.45) is 5.73 Å². The topological polar surface area (TPSA) is 206 Å². The van der Waals surface area contributed by atoms with Crippen LogP contribution in [0.5, 0.6) is 0 Å². The number of hydrogen-bond acceptors (Lipinski definition) is 10. The van der Waals surface area contributed by atoms with Gasteiger partial charge in [-0.3, -0.25) is 19.7 Å². The number of likely N-dealkylation sites (N-methyl/N-ethyl adjacent to an activating group) is 1. The predicted octanol–water partition coefficient (Wildman–Crippen LogP) is -1.45. The molecule has 0 heterocycles. The van der Waals surface area contributed by atoms with Crippen molar-refractivity contribution >= 4 is 36.1 Å². The minimum absolute atomic E-state index is 0.0882. The van der Waals surface area contributed by atoms with Crippen molar-refractivity contribution in [1.82, 2.24) is 16.0 Å². The minimum atomic E-state index is -1.96. The number of benzene rings is 1. The molecule has 2 atom stereocenters. The van der Waals surface area contributed by atoms with E-state index in [1.165, 1.54) is 7.11 Å². The van der Waals surface area contributed by atoms with E-state index in [1.54, 1.807) is 7.05 Å². The lowest BCUT2D eigenvalue weighted by Gasteiger charge is -2.21. The van der Waals surface area contributed by atoms with Crippen LogP contribution in [-0.4, -0.2) is 79.2 Å². The zero-order valence-corrected chi connectivity index (χ0v) is 20.0. The summed E-state index contributed by atoms with van der Waals surface area (Å²) in [4.78, 5) is 47.3. The number of carbonyl (C=O) groups excluding carboxylic acids is 3. The molecule has 0 spiro atoms. The van der Waals surface area contributed by atoms with Gasteiger partial charge < -0.3 is 36.5 Å². The van der Waals surface area contributed by atoms with Crippen LogP contribution >= 0.6 is 0 Å². The lowest BCUT2D eigenvalue weighted by Crippen LogP contribution is -2.49. The zero-order valence-electron chi connectivity index (χ0n) is 20.0. The summed E-state index contributed by atoms with van der Waals surface area (Å²) in [6, 6.07) is 1.85. The molecular formula is C21H34BN5O8. The average molecular weight is 495 g/mol. The molecule has 0 fully saturated rings. The van der Waals surface area contributed by atoms with E-state index in [1.807, 2.05) is 0 Å². The maximum atomic E-state index is 12.5. The van der Waals surface area contributed by atoms with Crippen LogP contribution in [0, 0.1) is 10.1 Å². The van der Waals surface area contributed by atoms with Gasteiger partial charge in [0, 0.05) is 24.2 Å². The first-order valence-corrected chi connectivity index (χ1v) is 11.3. The molecule has 13 nitrogen and oxygen atoms in total. The van der Waals surface area contributed by atoms with Gasteiger partial charge in [0.25, 0.3) is 11.6 Å². The number of ether oxygens (including phenoxy) is 1. The SMILES string of the molecule is CNC(CCCCN)C(=O)NC(CCCCNC(=O)c1cc(B(O)O)cc([N+](=O)[O-])c1)C(=O)OC. The normalized spacial score (nSPS) is 12.4.